The van der Waals surface area contributed by atoms with Gasteiger partial charge in [0, 0.05) is 6.20 Å². The highest BCUT2D eigenvalue weighted by Gasteiger charge is 2.36. The monoisotopic (exact) mass is 322 g/mol. The Morgan fingerprint density at radius 2 is 1.94 bits per heavy atom. The van der Waals surface area contributed by atoms with E-state index in [2.05, 4.69) is 4.98 Å². The first-order valence-electron chi connectivity index (χ1n) is 3.73. The Kier molecular flexibility index (Phi) is 4.49. The smallest absolute Gasteiger partial charge is 0.258 e. The molecule has 0 fully saturated rings. The van der Waals surface area contributed by atoms with Crippen molar-refractivity contribution >= 4 is 63.7 Å². The van der Waals surface area contributed by atoms with Crippen LogP contribution in [0.2, 0.25) is 0 Å². The number of hydrogen-bond acceptors (Lipinski definition) is 3. The van der Waals surface area contributed by atoms with E-state index in [0.717, 1.165) is 0 Å². The Morgan fingerprint density at radius 1 is 1.38 bits per heavy atom. The predicted molar refractivity (Wildman–Crippen MR) is 64.6 cm³/mol. The average molecular weight is 324 g/mol. The van der Waals surface area contributed by atoms with Crippen LogP contribution in [0.3, 0.4) is 0 Å². The summed E-state index contributed by atoms with van der Waals surface area (Å²) in [6.07, 6.45) is 1.23. The van der Waals surface area contributed by atoms with Crippen LogP contribution in [0.25, 0.3) is 0 Å². The normalized spacial score (nSPS) is 11.9. The van der Waals surface area contributed by atoms with Crippen molar-refractivity contribution in [2.45, 2.75) is 8.63 Å². The molecule has 0 aliphatic carbocycles. The van der Waals surface area contributed by atoms with Crippen molar-refractivity contribution in [1.82, 2.24) is 4.98 Å². The van der Waals surface area contributed by atoms with Crippen LogP contribution in [0.15, 0.2) is 12.3 Å². The molecule has 0 aliphatic rings. The Balaban J connectivity index is 3.52. The second-order valence-electron chi connectivity index (χ2n) is 2.65. The molecule has 88 valence electrons. The van der Waals surface area contributed by atoms with Crippen LogP contribution in [0.4, 0.5) is 5.69 Å². The summed E-state index contributed by atoms with van der Waals surface area (Å²) in [5, 5.41) is 10.9. The third-order valence-electron chi connectivity index (χ3n) is 1.64. The molecule has 0 unspecified atom stereocenters. The lowest BCUT2D eigenvalue weighted by Crippen LogP contribution is -2.10. The molecule has 9 heteroatoms. The number of rotatable bonds is 2. The highest BCUT2D eigenvalue weighted by molar-refractivity contribution is 6.66. The minimum atomic E-state index is -2.01. The Bertz CT molecular complexity index is 418. The topological polar surface area (TPSA) is 56.0 Å². The van der Waals surface area contributed by atoms with Gasteiger partial charge in [-0.2, -0.15) is 0 Å². The van der Waals surface area contributed by atoms with Gasteiger partial charge < -0.3 is 0 Å². The summed E-state index contributed by atoms with van der Waals surface area (Å²) < 4.78 is -2.01. The maximum absolute atomic E-state index is 10.9. The number of pyridine rings is 1. The molecule has 4 nitrogen and oxygen atoms in total. The van der Waals surface area contributed by atoms with Gasteiger partial charge in [-0.1, -0.05) is 58.0 Å². The summed E-state index contributed by atoms with van der Waals surface area (Å²) in [7, 11) is 0. The third-order valence-corrected chi connectivity index (χ3v) is 2.65. The van der Waals surface area contributed by atoms with E-state index in [1.54, 1.807) is 0 Å². The van der Waals surface area contributed by atoms with E-state index in [9.17, 15) is 10.1 Å². The summed E-state index contributed by atoms with van der Waals surface area (Å²) in [5.74, 6) is 0. The minimum Gasteiger partial charge on any atom is -0.258 e. The number of nitrogens with zero attached hydrogens (tertiary/aromatic N) is 2. The average Bonchev–Trinajstić information content (AvgIpc) is 2.14. The fourth-order valence-corrected chi connectivity index (χ4v) is 1.81. The van der Waals surface area contributed by atoms with Crippen LogP contribution < -0.4 is 0 Å². The number of halogens is 5. The summed E-state index contributed by atoms with van der Waals surface area (Å²) in [6.45, 7) is 0. The Morgan fingerprint density at radius 3 is 2.31 bits per heavy atom. The summed E-state index contributed by atoms with van der Waals surface area (Å²) in [5.41, 5.74) is -0.770. The zero-order valence-corrected chi connectivity index (χ0v) is 11.1. The minimum absolute atomic E-state index is 0.0321. The second-order valence-corrected chi connectivity index (χ2v) is 6.03. The maximum atomic E-state index is 10.9. The van der Waals surface area contributed by atoms with Crippen LogP contribution in [-0.4, -0.2) is 9.91 Å². The molecule has 16 heavy (non-hydrogen) atoms. The molecule has 0 aliphatic heterocycles. The third kappa shape index (κ3) is 3.02. The van der Waals surface area contributed by atoms with Crippen molar-refractivity contribution in [3.8, 4) is 0 Å². The molecular weight excluding hydrogens is 321 g/mol. The molecule has 1 rings (SSSR count). The fraction of sp³-hybridized carbons (Fsp3) is 0.286. The first kappa shape index (κ1) is 14.1. The van der Waals surface area contributed by atoms with Gasteiger partial charge in [0.15, 0.2) is 5.69 Å². The van der Waals surface area contributed by atoms with Gasteiger partial charge in [-0.15, -0.1) is 0 Å². The van der Waals surface area contributed by atoms with Gasteiger partial charge in [0.2, 0.25) is 3.79 Å². The lowest BCUT2D eigenvalue weighted by atomic mass is 10.2. The van der Waals surface area contributed by atoms with Crippen LogP contribution in [0.5, 0.6) is 0 Å². The van der Waals surface area contributed by atoms with Gasteiger partial charge in [0.25, 0.3) is 0 Å². The molecule has 0 atom stereocenters. The SMILES string of the molecule is O=[N+]([O-])c1c(C(Cl)Cl)ccnc1C(Cl)(Cl)Cl. The molecular formula is C7H3Cl5N2O2. The van der Waals surface area contributed by atoms with E-state index >= 15 is 0 Å². The Labute approximate surface area is 116 Å². The summed E-state index contributed by atoms with van der Waals surface area (Å²) in [4.78, 5) is 12.7. The quantitative estimate of drug-likeness (QED) is 0.463. The maximum Gasteiger partial charge on any atom is 0.301 e. The lowest BCUT2D eigenvalue weighted by Gasteiger charge is -2.12. The van der Waals surface area contributed by atoms with Crippen molar-refractivity contribution in [3.05, 3.63) is 33.6 Å². The predicted octanol–water partition coefficient (Wildman–Crippen LogP) is 4.29. The molecule has 0 spiro atoms. The molecule has 0 saturated carbocycles. The molecule has 0 saturated heterocycles. The molecule has 0 bridgehead atoms. The lowest BCUT2D eigenvalue weighted by molar-refractivity contribution is -0.386. The van der Waals surface area contributed by atoms with Crippen molar-refractivity contribution in [2.24, 2.45) is 0 Å². The highest BCUT2D eigenvalue weighted by Crippen LogP contribution is 2.44. The Hall–Kier alpha value is -0.000000000000000111. The van der Waals surface area contributed by atoms with Crippen LogP contribution in [0.1, 0.15) is 16.1 Å². The molecule has 1 aromatic heterocycles. The molecule has 0 amide bonds. The molecule has 1 aromatic rings. The first-order valence-corrected chi connectivity index (χ1v) is 5.74. The van der Waals surface area contributed by atoms with E-state index in [1.807, 2.05) is 0 Å². The van der Waals surface area contributed by atoms with Gasteiger partial charge in [0.05, 0.1) is 10.5 Å². The zero-order valence-electron chi connectivity index (χ0n) is 7.33. The molecule has 0 N–H and O–H groups in total. The first-order chi connectivity index (χ1) is 7.25. The van der Waals surface area contributed by atoms with Crippen LogP contribution in [0, 0.1) is 10.1 Å². The van der Waals surface area contributed by atoms with Gasteiger partial charge >= 0.3 is 5.69 Å². The van der Waals surface area contributed by atoms with E-state index in [-0.39, 0.29) is 11.3 Å². The van der Waals surface area contributed by atoms with Crippen molar-refractivity contribution in [1.29, 1.82) is 0 Å². The zero-order chi connectivity index (χ0) is 12.5. The van der Waals surface area contributed by atoms with E-state index in [1.165, 1.54) is 12.3 Å². The van der Waals surface area contributed by atoms with E-state index in [0.29, 0.717) is 0 Å². The van der Waals surface area contributed by atoms with E-state index < -0.39 is 19.2 Å². The molecule has 0 radical (unpaired) electrons. The number of hydrogen-bond donors (Lipinski definition) is 0. The fourth-order valence-electron chi connectivity index (χ4n) is 1.04. The van der Waals surface area contributed by atoms with Gasteiger partial charge in [0.1, 0.15) is 4.84 Å². The highest BCUT2D eigenvalue weighted by atomic mass is 35.6. The summed E-state index contributed by atoms with van der Waals surface area (Å²) in [6, 6.07) is 1.29. The second kappa shape index (κ2) is 5.10. The largest absolute Gasteiger partial charge is 0.301 e. The van der Waals surface area contributed by atoms with Crippen LogP contribution >= 0.6 is 58.0 Å². The van der Waals surface area contributed by atoms with Gasteiger partial charge in [-0.05, 0) is 6.07 Å². The van der Waals surface area contributed by atoms with Crippen molar-refractivity contribution in [3.63, 3.8) is 0 Å². The van der Waals surface area contributed by atoms with E-state index in [4.69, 9.17) is 58.0 Å². The number of nitro groups is 1. The van der Waals surface area contributed by atoms with Crippen molar-refractivity contribution < 1.29 is 4.92 Å². The molecule has 0 aromatic carbocycles. The van der Waals surface area contributed by atoms with Gasteiger partial charge in [-0.25, -0.2) is 4.98 Å². The number of aromatic nitrogens is 1. The molecule has 1 heterocycles. The van der Waals surface area contributed by atoms with Crippen molar-refractivity contribution in [2.75, 3.05) is 0 Å². The standard InChI is InChI=1S/C7H3Cl5N2O2/c8-6(9)3-1-2-13-5(7(10,11)12)4(3)14(15)16/h1-2,6H. The summed E-state index contributed by atoms with van der Waals surface area (Å²) >= 11 is 27.8. The van der Waals surface area contributed by atoms with Gasteiger partial charge in [-0.3, -0.25) is 10.1 Å². The van der Waals surface area contributed by atoms with Crippen LogP contribution in [-0.2, 0) is 3.79 Å². The number of alkyl halides is 5.